The van der Waals surface area contributed by atoms with Crippen molar-refractivity contribution in [3.8, 4) is 11.4 Å². The number of aryl methyl sites for hydroxylation is 1. The van der Waals surface area contributed by atoms with Gasteiger partial charge in [-0.1, -0.05) is 17.7 Å². The van der Waals surface area contributed by atoms with E-state index in [-0.39, 0.29) is 0 Å². The molecule has 5 heteroatoms. The summed E-state index contributed by atoms with van der Waals surface area (Å²) in [6.07, 6.45) is -0.658. The maximum atomic E-state index is 9.99. The van der Waals surface area contributed by atoms with E-state index in [9.17, 15) is 5.11 Å². The smallest absolute Gasteiger partial charge is 0.126 e. The Labute approximate surface area is 117 Å². The molecule has 0 unspecified atom stereocenters. The van der Waals surface area contributed by atoms with E-state index in [0.29, 0.717) is 16.3 Å². The molecule has 102 valence electrons. The fraction of sp³-hybridized carbons (Fsp3) is 0.357. The van der Waals surface area contributed by atoms with Crippen LogP contribution in [0.4, 0.5) is 0 Å². The average Bonchev–Trinajstić information content (AvgIpc) is 2.65. The molecule has 0 radical (unpaired) electrons. The van der Waals surface area contributed by atoms with Gasteiger partial charge >= 0.3 is 0 Å². The van der Waals surface area contributed by atoms with E-state index in [1.165, 1.54) is 0 Å². The molecule has 19 heavy (non-hydrogen) atoms. The summed E-state index contributed by atoms with van der Waals surface area (Å²) in [7, 11) is 1.58. The Bertz CT molecular complexity index is 606. The zero-order valence-electron chi connectivity index (χ0n) is 11.4. The fourth-order valence-corrected chi connectivity index (χ4v) is 2.29. The molecule has 0 aliphatic rings. The van der Waals surface area contributed by atoms with Gasteiger partial charge in [0.05, 0.1) is 35.3 Å². The maximum Gasteiger partial charge on any atom is 0.126 e. The van der Waals surface area contributed by atoms with E-state index in [1.807, 2.05) is 32.0 Å². The first-order valence-corrected chi connectivity index (χ1v) is 6.42. The van der Waals surface area contributed by atoms with Crippen LogP contribution in [-0.4, -0.2) is 22.0 Å². The minimum Gasteiger partial charge on any atom is -0.496 e. The molecule has 0 aliphatic carbocycles. The van der Waals surface area contributed by atoms with E-state index < -0.39 is 6.10 Å². The number of halogens is 1. The van der Waals surface area contributed by atoms with Crippen LogP contribution in [0, 0.1) is 13.8 Å². The van der Waals surface area contributed by atoms with Crippen molar-refractivity contribution in [1.82, 2.24) is 9.78 Å². The summed E-state index contributed by atoms with van der Waals surface area (Å²) < 4.78 is 7.05. The largest absolute Gasteiger partial charge is 0.496 e. The van der Waals surface area contributed by atoms with Gasteiger partial charge in [-0.3, -0.25) is 0 Å². The third-order valence-corrected chi connectivity index (χ3v) is 3.66. The summed E-state index contributed by atoms with van der Waals surface area (Å²) in [5, 5.41) is 15.0. The Morgan fingerprint density at radius 2 is 2.05 bits per heavy atom. The molecule has 2 aromatic rings. The molecule has 0 aliphatic heterocycles. The SMILES string of the molecule is COc1cccc(-n2nc(C)c(Cl)c2C)c1[C@H](C)O. The summed E-state index contributed by atoms with van der Waals surface area (Å²) >= 11 is 6.18. The zero-order chi connectivity index (χ0) is 14.2. The van der Waals surface area contributed by atoms with Crippen molar-refractivity contribution in [3.05, 3.63) is 40.2 Å². The zero-order valence-corrected chi connectivity index (χ0v) is 12.2. The minimum absolute atomic E-state index is 0.635. The van der Waals surface area contributed by atoms with Gasteiger partial charge in [-0.15, -0.1) is 0 Å². The second-order valence-electron chi connectivity index (χ2n) is 4.47. The van der Waals surface area contributed by atoms with Gasteiger partial charge in [0.15, 0.2) is 0 Å². The number of aromatic nitrogens is 2. The Morgan fingerprint density at radius 1 is 1.37 bits per heavy atom. The predicted octanol–water partition coefficient (Wildman–Crippen LogP) is 3.20. The van der Waals surface area contributed by atoms with Gasteiger partial charge in [0.25, 0.3) is 0 Å². The topological polar surface area (TPSA) is 47.3 Å². The molecule has 0 saturated heterocycles. The number of hydrogen-bond acceptors (Lipinski definition) is 3. The monoisotopic (exact) mass is 280 g/mol. The molecule has 1 N–H and O–H groups in total. The van der Waals surface area contributed by atoms with Gasteiger partial charge in [0, 0.05) is 5.56 Å². The van der Waals surface area contributed by atoms with Gasteiger partial charge in [-0.05, 0) is 32.9 Å². The fourth-order valence-electron chi connectivity index (χ4n) is 2.17. The first-order valence-electron chi connectivity index (χ1n) is 6.04. The number of aliphatic hydroxyl groups excluding tert-OH is 1. The first kappa shape index (κ1) is 13.9. The number of nitrogens with zero attached hydrogens (tertiary/aromatic N) is 2. The molecule has 1 atom stereocenters. The Balaban J connectivity index is 2.71. The Kier molecular flexibility index (Phi) is 3.83. The molecule has 0 amide bonds. The second kappa shape index (κ2) is 5.23. The first-order chi connectivity index (χ1) is 8.97. The maximum absolute atomic E-state index is 9.99. The highest BCUT2D eigenvalue weighted by Crippen LogP contribution is 2.33. The number of hydrogen-bond donors (Lipinski definition) is 1. The number of ether oxygens (including phenoxy) is 1. The van der Waals surface area contributed by atoms with E-state index in [1.54, 1.807) is 18.7 Å². The highest BCUT2D eigenvalue weighted by atomic mass is 35.5. The molecule has 4 nitrogen and oxygen atoms in total. The Morgan fingerprint density at radius 3 is 2.53 bits per heavy atom. The quantitative estimate of drug-likeness (QED) is 0.939. The standard InChI is InChI=1S/C14H17ClN2O2/c1-8-14(15)9(2)17(16-8)11-6-5-7-12(19-4)13(11)10(3)18/h5-7,10,18H,1-4H3/t10-/m0/s1. The van der Waals surface area contributed by atoms with Crippen LogP contribution in [0.3, 0.4) is 0 Å². The lowest BCUT2D eigenvalue weighted by Gasteiger charge is -2.17. The summed E-state index contributed by atoms with van der Waals surface area (Å²) in [4.78, 5) is 0. The molecule has 0 spiro atoms. The highest BCUT2D eigenvalue weighted by molar-refractivity contribution is 6.31. The van der Waals surface area contributed by atoms with E-state index >= 15 is 0 Å². The predicted molar refractivity (Wildman–Crippen MR) is 75.2 cm³/mol. The Hall–Kier alpha value is -1.52. The number of methoxy groups -OCH3 is 1. The summed E-state index contributed by atoms with van der Waals surface area (Å²) in [6.45, 7) is 5.45. The van der Waals surface area contributed by atoms with Crippen LogP contribution in [0.2, 0.25) is 5.02 Å². The number of benzene rings is 1. The van der Waals surface area contributed by atoms with Crippen molar-refractivity contribution in [2.75, 3.05) is 7.11 Å². The van der Waals surface area contributed by atoms with E-state index in [2.05, 4.69) is 5.10 Å². The molecule has 0 saturated carbocycles. The lowest BCUT2D eigenvalue weighted by molar-refractivity contribution is 0.194. The average molecular weight is 281 g/mol. The lowest BCUT2D eigenvalue weighted by atomic mass is 10.1. The molecule has 2 rings (SSSR count). The molecule has 1 aromatic heterocycles. The molecular weight excluding hydrogens is 264 g/mol. The van der Waals surface area contributed by atoms with Crippen molar-refractivity contribution >= 4 is 11.6 Å². The normalized spacial score (nSPS) is 12.5. The third-order valence-electron chi connectivity index (χ3n) is 3.11. The van der Waals surface area contributed by atoms with E-state index in [0.717, 1.165) is 17.1 Å². The third kappa shape index (κ3) is 2.33. The summed E-state index contributed by atoms with van der Waals surface area (Å²) in [6, 6.07) is 5.57. The van der Waals surface area contributed by atoms with Crippen LogP contribution >= 0.6 is 11.6 Å². The molecule has 1 heterocycles. The molecular formula is C14H17ClN2O2. The van der Waals surface area contributed by atoms with Crippen molar-refractivity contribution in [1.29, 1.82) is 0 Å². The van der Waals surface area contributed by atoms with Crippen LogP contribution in [0.1, 0.15) is 30.0 Å². The molecule has 0 bridgehead atoms. The van der Waals surface area contributed by atoms with Crippen molar-refractivity contribution in [3.63, 3.8) is 0 Å². The van der Waals surface area contributed by atoms with Crippen molar-refractivity contribution in [2.24, 2.45) is 0 Å². The highest BCUT2D eigenvalue weighted by Gasteiger charge is 2.19. The van der Waals surface area contributed by atoms with Crippen molar-refractivity contribution < 1.29 is 9.84 Å². The number of aliphatic hydroxyl groups is 1. The second-order valence-corrected chi connectivity index (χ2v) is 4.84. The minimum atomic E-state index is -0.658. The van der Waals surface area contributed by atoms with Crippen LogP contribution in [0.25, 0.3) is 5.69 Å². The lowest BCUT2D eigenvalue weighted by Crippen LogP contribution is -2.07. The van der Waals surface area contributed by atoms with Crippen molar-refractivity contribution in [2.45, 2.75) is 26.9 Å². The van der Waals surface area contributed by atoms with Crippen LogP contribution in [0.5, 0.6) is 5.75 Å². The van der Waals surface area contributed by atoms with Gasteiger partial charge in [-0.2, -0.15) is 5.10 Å². The van der Waals surface area contributed by atoms with Crippen LogP contribution in [-0.2, 0) is 0 Å². The summed E-state index contributed by atoms with van der Waals surface area (Å²) in [5.74, 6) is 0.635. The van der Waals surface area contributed by atoms with Gasteiger partial charge in [0.2, 0.25) is 0 Å². The van der Waals surface area contributed by atoms with Crippen LogP contribution < -0.4 is 4.74 Å². The summed E-state index contributed by atoms with van der Waals surface area (Å²) in [5.41, 5.74) is 3.09. The number of rotatable bonds is 3. The van der Waals surface area contributed by atoms with Gasteiger partial charge < -0.3 is 9.84 Å². The van der Waals surface area contributed by atoms with Gasteiger partial charge in [-0.25, -0.2) is 4.68 Å². The molecule has 1 aromatic carbocycles. The van der Waals surface area contributed by atoms with Crippen LogP contribution in [0.15, 0.2) is 18.2 Å². The molecule has 0 fully saturated rings. The van der Waals surface area contributed by atoms with Gasteiger partial charge in [0.1, 0.15) is 5.75 Å². The van der Waals surface area contributed by atoms with E-state index in [4.69, 9.17) is 16.3 Å².